The van der Waals surface area contributed by atoms with E-state index >= 15 is 0 Å². The molecule has 0 atom stereocenters. The smallest absolute Gasteiger partial charge is 0.321 e. The van der Waals surface area contributed by atoms with Gasteiger partial charge >= 0.3 is 12.0 Å². The number of amides is 2. The van der Waals surface area contributed by atoms with Gasteiger partial charge in [0.15, 0.2) is 5.13 Å². The molecule has 0 radical (unpaired) electrons. The van der Waals surface area contributed by atoms with Gasteiger partial charge in [-0.15, -0.1) is 0 Å². The molecule has 158 valence electrons. The van der Waals surface area contributed by atoms with Gasteiger partial charge in [0.25, 0.3) is 0 Å². The van der Waals surface area contributed by atoms with Crippen LogP contribution in [0, 0.1) is 0 Å². The molecule has 0 aliphatic rings. The van der Waals surface area contributed by atoms with Gasteiger partial charge in [0.05, 0.1) is 23.7 Å². The predicted molar refractivity (Wildman–Crippen MR) is 119 cm³/mol. The molecule has 1 heterocycles. The van der Waals surface area contributed by atoms with Crippen molar-refractivity contribution in [1.29, 1.82) is 0 Å². The highest BCUT2D eigenvalue weighted by atomic mass is 32.1. The highest BCUT2D eigenvalue weighted by Gasteiger charge is 2.16. The fourth-order valence-electron chi connectivity index (χ4n) is 2.77. The number of anilines is 1. The van der Waals surface area contributed by atoms with Crippen molar-refractivity contribution in [3.05, 3.63) is 42.5 Å². The third kappa shape index (κ3) is 5.93. The normalized spacial score (nSPS) is 11.2. The van der Waals surface area contributed by atoms with Crippen LogP contribution in [0.4, 0.5) is 9.93 Å². The molecule has 1 aromatic heterocycles. The van der Waals surface area contributed by atoms with E-state index in [1.54, 1.807) is 27.9 Å². The standard InChI is InChI=1S/C22H25N3O4S/c1-22(2,3)29-19(26)10-11-23-20(27)25-21-24-17-9-8-15(13-18(17)30-21)14-6-5-7-16(12-14)28-4/h5-9,12-13H,10-11H2,1-4H3,(H2,23,24,25,27). The number of urea groups is 1. The largest absolute Gasteiger partial charge is 0.497 e. The maximum absolute atomic E-state index is 12.1. The number of rotatable bonds is 6. The Balaban J connectivity index is 1.60. The molecule has 8 heteroatoms. The van der Waals surface area contributed by atoms with Crippen LogP contribution in [0.1, 0.15) is 27.2 Å². The number of ether oxygens (including phenoxy) is 2. The Bertz CT molecular complexity index is 1060. The van der Waals surface area contributed by atoms with Crippen LogP contribution < -0.4 is 15.4 Å². The zero-order chi connectivity index (χ0) is 21.7. The third-order valence-electron chi connectivity index (χ3n) is 4.05. The molecular formula is C22H25N3O4S. The summed E-state index contributed by atoms with van der Waals surface area (Å²) in [6, 6.07) is 13.4. The first-order chi connectivity index (χ1) is 14.2. The van der Waals surface area contributed by atoms with Crippen LogP contribution in [0.5, 0.6) is 5.75 Å². The molecule has 0 aliphatic carbocycles. The Hall–Kier alpha value is -3.13. The van der Waals surface area contributed by atoms with E-state index in [-0.39, 0.29) is 18.9 Å². The van der Waals surface area contributed by atoms with Crippen LogP contribution in [-0.2, 0) is 9.53 Å². The summed E-state index contributed by atoms with van der Waals surface area (Å²) in [6.07, 6.45) is 0.106. The number of nitrogens with one attached hydrogen (secondary N) is 2. The third-order valence-corrected chi connectivity index (χ3v) is 4.98. The first-order valence-electron chi connectivity index (χ1n) is 9.55. The highest BCUT2D eigenvalue weighted by molar-refractivity contribution is 7.22. The number of methoxy groups -OCH3 is 1. The SMILES string of the molecule is COc1cccc(-c2ccc3nc(NC(=O)NCCC(=O)OC(C)(C)C)sc3c2)c1. The molecule has 7 nitrogen and oxygen atoms in total. The van der Waals surface area contributed by atoms with Gasteiger partial charge in [-0.05, 0) is 56.2 Å². The Kier molecular flexibility index (Phi) is 6.56. The summed E-state index contributed by atoms with van der Waals surface area (Å²) < 4.78 is 11.5. The minimum atomic E-state index is -0.538. The van der Waals surface area contributed by atoms with Crippen LogP contribution in [0.15, 0.2) is 42.5 Å². The zero-order valence-corrected chi connectivity index (χ0v) is 18.3. The van der Waals surface area contributed by atoms with Crippen molar-refractivity contribution < 1.29 is 19.1 Å². The maximum atomic E-state index is 12.1. The molecule has 0 aliphatic heterocycles. The summed E-state index contributed by atoms with van der Waals surface area (Å²) >= 11 is 1.39. The molecule has 3 aromatic rings. The predicted octanol–water partition coefficient (Wildman–Crippen LogP) is 4.83. The lowest BCUT2D eigenvalue weighted by Crippen LogP contribution is -2.32. The lowest BCUT2D eigenvalue weighted by Gasteiger charge is -2.19. The molecule has 2 amide bonds. The summed E-state index contributed by atoms with van der Waals surface area (Å²) in [5.74, 6) is 0.440. The molecular weight excluding hydrogens is 402 g/mol. The van der Waals surface area contributed by atoms with Crippen molar-refractivity contribution in [3.8, 4) is 16.9 Å². The van der Waals surface area contributed by atoms with Gasteiger partial charge in [0.1, 0.15) is 11.4 Å². The second-order valence-electron chi connectivity index (χ2n) is 7.65. The van der Waals surface area contributed by atoms with Gasteiger partial charge in [-0.25, -0.2) is 9.78 Å². The van der Waals surface area contributed by atoms with E-state index < -0.39 is 11.6 Å². The van der Waals surface area contributed by atoms with Crippen molar-refractivity contribution in [2.45, 2.75) is 32.8 Å². The van der Waals surface area contributed by atoms with Gasteiger partial charge < -0.3 is 14.8 Å². The number of esters is 1. The van der Waals surface area contributed by atoms with E-state index in [1.165, 1.54) is 11.3 Å². The summed E-state index contributed by atoms with van der Waals surface area (Å²) in [7, 11) is 1.64. The van der Waals surface area contributed by atoms with Crippen LogP contribution in [-0.4, -0.2) is 36.2 Å². The van der Waals surface area contributed by atoms with E-state index in [4.69, 9.17) is 9.47 Å². The molecule has 2 N–H and O–H groups in total. The minimum Gasteiger partial charge on any atom is -0.497 e. The van der Waals surface area contributed by atoms with E-state index in [9.17, 15) is 9.59 Å². The summed E-state index contributed by atoms with van der Waals surface area (Å²) in [6.45, 7) is 5.60. The monoisotopic (exact) mass is 427 g/mol. The molecule has 0 fully saturated rings. The fraction of sp³-hybridized carbons (Fsp3) is 0.318. The number of benzene rings is 2. The number of fused-ring (bicyclic) bond motifs is 1. The first kappa shape index (κ1) is 21.6. The summed E-state index contributed by atoms with van der Waals surface area (Å²) in [5, 5.41) is 5.85. The van der Waals surface area contributed by atoms with E-state index in [0.717, 1.165) is 27.1 Å². The Morgan fingerprint density at radius 2 is 1.87 bits per heavy atom. The molecule has 2 aromatic carbocycles. The second kappa shape index (κ2) is 9.13. The van der Waals surface area contributed by atoms with Crippen molar-refractivity contribution >= 4 is 38.7 Å². The number of carbonyl (C=O) groups is 2. The topological polar surface area (TPSA) is 89.5 Å². The zero-order valence-electron chi connectivity index (χ0n) is 17.4. The molecule has 0 unspecified atom stereocenters. The Labute approximate surface area is 179 Å². The second-order valence-corrected chi connectivity index (χ2v) is 8.68. The van der Waals surface area contributed by atoms with Crippen LogP contribution in [0.2, 0.25) is 0 Å². The van der Waals surface area contributed by atoms with Crippen LogP contribution in [0.25, 0.3) is 21.3 Å². The van der Waals surface area contributed by atoms with E-state index in [2.05, 4.69) is 15.6 Å². The summed E-state index contributed by atoms with van der Waals surface area (Å²) in [5.41, 5.74) is 2.34. The lowest BCUT2D eigenvalue weighted by atomic mass is 10.1. The summed E-state index contributed by atoms with van der Waals surface area (Å²) in [4.78, 5) is 28.2. The Morgan fingerprint density at radius 3 is 2.60 bits per heavy atom. The van der Waals surface area contributed by atoms with Gasteiger partial charge in [0, 0.05) is 6.54 Å². The molecule has 0 saturated heterocycles. The molecule has 0 spiro atoms. The number of aromatic nitrogens is 1. The van der Waals surface area contributed by atoms with E-state index in [1.807, 2.05) is 42.5 Å². The van der Waals surface area contributed by atoms with Crippen molar-refractivity contribution in [1.82, 2.24) is 10.3 Å². The average Bonchev–Trinajstić information content (AvgIpc) is 3.07. The number of hydrogen-bond acceptors (Lipinski definition) is 6. The van der Waals surface area contributed by atoms with Gasteiger partial charge in [-0.1, -0.05) is 29.5 Å². The first-order valence-corrected chi connectivity index (χ1v) is 10.4. The van der Waals surface area contributed by atoms with Crippen LogP contribution in [0.3, 0.4) is 0 Å². The molecule has 0 saturated carbocycles. The number of carbonyl (C=O) groups excluding carboxylic acids is 2. The number of nitrogens with zero attached hydrogens (tertiary/aromatic N) is 1. The maximum Gasteiger partial charge on any atom is 0.321 e. The fourth-order valence-corrected chi connectivity index (χ4v) is 3.67. The lowest BCUT2D eigenvalue weighted by molar-refractivity contribution is -0.154. The Morgan fingerprint density at radius 1 is 1.10 bits per heavy atom. The number of hydrogen-bond donors (Lipinski definition) is 2. The van der Waals surface area contributed by atoms with Crippen molar-refractivity contribution in [2.24, 2.45) is 0 Å². The molecule has 3 rings (SSSR count). The molecule has 0 bridgehead atoms. The molecule has 30 heavy (non-hydrogen) atoms. The van der Waals surface area contributed by atoms with Crippen molar-refractivity contribution in [3.63, 3.8) is 0 Å². The van der Waals surface area contributed by atoms with Crippen molar-refractivity contribution in [2.75, 3.05) is 19.0 Å². The average molecular weight is 428 g/mol. The number of thiazole rings is 1. The van der Waals surface area contributed by atoms with Gasteiger partial charge in [-0.3, -0.25) is 10.1 Å². The van der Waals surface area contributed by atoms with E-state index in [0.29, 0.717) is 5.13 Å². The van der Waals surface area contributed by atoms with Crippen LogP contribution >= 0.6 is 11.3 Å². The van der Waals surface area contributed by atoms with Gasteiger partial charge in [-0.2, -0.15) is 0 Å². The minimum absolute atomic E-state index is 0.106. The quantitative estimate of drug-likeness (QED) is 0.550. The highest BCUT2D eigenvalue weighted by Crippen LogP contribution is 2.31. The van der Waals surface area contributed by atoms with Gasteiger partial charge in [0.2, 0.25) is 0 Å².